The molecule has 1 heterocycles. The molecular weight excluding hydrogens is 332 g/mol. The first-order valence-corrected chi connectivity index (χ1v) is 8.31. The average molecular weight is 352 g/mol. The van der Waals surface area contributed by atoms with Crippen LogP contribution >= 0.6 is 0 Å². The summed E-state index contributed by atoms with van der Waals surface area (Å²) in [6.07, 6.45) is 0.118. The van der Waals surface area contributed by atoms with Gasteiger partial charge in [-0.15, -0.1) is 0 Å². The minimum absolute atomic E-state index is 0.118. The second-order valence-corrected chi connectivity index (χ2v) is 5.97. The van der Waals surface area contributed by atoms with Gasteiger partial charge in [0.15, 0.2) is 5.76 Å². The lowest BCUT2D eigenvalue weighted by atomic mass is 10.1. The van der Waals surface area contributed by atoms with Crippen LogP contribution in [0, 0.1) is 13.8 Å². The van der Waals surface area contributed by atoms with Crippen LogP contribution in [0.3, 0.4) is 0 Å². The van der Waals surface area contributed by atoms with Gasteiger partial charge in [0, 0.05) is 10.9 Å². The highest BCUT2D eigenvalue weighted by Gasteiger charge is 2.17. The van der Waals surface area contributed by atoms with Gasteiger partial charge in [0.1, 0.15) is 11.3 Å². The van der Waals surface area contributed by atoms with Crippen molar-refractivity contribution in [3.05, 3.63) is 65.4 Å². The van der Waals surface area contributed by atoms with E-state index in [1.54, 1.807) is 13.0 Å². The zero-order valence-corrected chi connectivity index (χ0v) is 14.7. The molecule has 2 amide bonds. The van der Waals surface area contributed by atoms with Crippen LogP contribution in [0.5, 0.6) is 5.75 Å². The summed E-state index contributed by atoms with van der Waals surface area (Å²) in [5.41, 5.74) is 7.19. The molecule has 0 aliphatic rings. The van der Waals surface area contributed by atoms with Crippen molar-refractivity contribution in [2.45, 2.75) is 20.3 Å². The van der Waals surface area contributed by atoms with E-state index >= 15 is 0 Å². The molecule has 26 heavy (non-hydrogen) atoms. The molecule has 1 aromatic heterocycles. The number of furan rings is 1. The van der Waals surface area contributed by atoms with Gasteiger partial charge in [0.25, 0.3) is 0 Å². The number of carbonyl (C=O) groups excluding carboxylic acids is 2. The lowest BCUT2D eigenvalue weighted by Gasteiger charge is -2.08. The van der Waals surface area contributed by atoms with Crippen LogP contribution in [0.4, 0.5) is 0 Å². The van der Waals surface area contributed by atoms with Crippen molar-refractivity contribution in [3.63, 3.8) is 0 Å². The highest BCUT2D eigenvalue weighted by Crippen LogP contribution is 2.24. The highest BCUT2D eigenvalue weighted by atomic mass is 16.5. The fourth-order valence-corrected chi connectivity index (χ4v) is 2.60. The van der Waals surface area contributed by atoms with E-state index in [1.807, 2.05) is 49.4 Å². The Labute approximate surface area is 151 Å². The lowest BCUT2D eigenvalue weighted by molar-refractivity contribution is -0.122. The summed E-state index contributed by atoms with van der Waals surface area (Å²) in [6.45, 7) is 3.99. The Balaban J connectivity index is 1.49. The molecule has 2 aromatic carbocycles. The van der Waals surface area contributed by atoms with Crippen LogP contribution in [0.2, 0.25) is 0 Å². The highest BCUT2D eigenvalue weighted by molar-refractivity contribution is 5.99. The number of amides is 2. The molecule has 0 radical (unpaired) electrons. The summed E-state index contributed by atoms with van der Waals surface area (Å²) < 4.78 is 11.1. The van der Waals surface area contributed by atoms with E-state index in [2.05, 4.69) is 10.9 Å². The van der Waals surface area contributed by atoms with Gasteiger partial charge in [-0.25, -0.2) is 0 Å². The smallest absolute Gasteiger partial charge is 0.305 e. The van der Waals surface area contributed by atoms with Crippen LogP contribution < -0.4 is 15.6 Å². The number of aryl methyl sites for hydroxylation is 2. The molecule has 3 rings (SSSR count). The van der Waals surface area contributed by atoms with Crippen LogP contribution in [-0.2, 0) is 4.79 Å². The Kier molecular flexibility index (Phi) is 5.22. The molecular formula is C20H20N2O4. The average Bonchev–Trinajstić information content (AvgIpc) is 2.97. The predicted octanol–water partition coefficient (Wildman–Crippen LogP) is 3.28. The fraction of sp³-hybridized carbons (Fsp3) is 0.200. The van der Waals surface area contributed by atoms with Crippen molar-refractivity contribution < 1.29 is 18.7 Å². The van der Waals surface area contributed by atoms with Gasteiger partial charge in [0.05, 0.1) is 13.0 Å². The number of rotatable bonds is 5. The van der Waals surface area contributed by atoms with Crippen LogP contribution in [-0.4, -0.2) is 18.4 Å². The minimum atomic E-state index is -0.494. The van der Waals surface area contributed by atoms with Gasteiger partial charge in [0.2, 0.25) is 5.91 Å². The largest absolute Gasteiger partial charge is 0.493 e. The topological polar surface area (TPSA) is 80.6 Å². The summed E-state index contributed by atoms with van der Waals surface area (Å²) in [5.74, 6) is 0.0497. The molecule has 0 aliphatic heterocycles. The van der Waals surface area contributed by atoms with Gasteiger partial charge in [-0.05, 0) is 37.6 Å². The molecule has 0 saturated heterocycles. The van der Waals surface area contributed by atoms with Crippen molar-refractivity contribution in [2.75, 3.05) is 6.61 Å². The Morgan fingerprint density at radius 2 is 1.85 bits per heavy atom. The molecule has 0 fully saturated rings. The van der Waals surface area contributed by atoms with Crippen molar-refractivity contribution in [2.24, 2.45) is 0 Å². The van der Waals surface area contributed by atoms with Gasteiger partial charge in [-0.2, -0.15) is 0 Å². The van der Waals surface area contributed by atoms with E-state index in [9.17, 15) is 9.59 Å². The molecule has 0 aliphatic carbocycles. The van der Waals surface area contributed by atoms with Gasteiger partial charge >= 0.3 is 5.91 Å². The molecule has 6 heteroatoms. The number of carbonyl (C=O) groups is 2. The van der Waals surface area contributed by atoms with E-state index in [4.69, 9.17) is 9.15 Å². The Hall–Kier alpha value is -3.28. The SMILES string of the molecule is Cc1cccc(OCCC(=O)NNC(=O)c2oc3ccccc3c2C)c1. The van der Waals surface area contributed by atoms with E-state index in [0.717, 1.165) is 16.5 Å². The normalized spacial score (nSPS) is 10.5. The zero-order chi connectivity index (χ0) is 18.5. The standard InChI is InChI=1S/C20H20N2O4/c1-13-6-5-7-15(12-13)25-11-10-18(23)21-22-20(24)19-14(2)16-8-3-4-9-17(16)26-19/h3-9,12H,10-11H2,1-2H3,(H,21,23)(H,22,24). The monoisotopic (exact) mass is 352 g/mol. The lowest BCUT2D eigenvalue weighted by Crippen LogP contribution is -2.42. The molecule has 0 saturated carbocycles. The molecule has 0 spiro atoms. The second kappa shape index (κ2) is 7.74. The number of fused-ring (bicyclic) bond motifs is 1. The van der Waals surface area contributed by atoms with Crippen LogP contribution in [0.25, 0.3) is 11.0 Å². The van der Waals surface area contributed by atoms with E-state index in [0.29, 0.717) is 11.3 Å². The summed E-state index contributed by atoms with van der Waals surface area (Å²) in [4.78, 5) is 24.1. The third-order valence-electron chi connectivity index (χ3n) is 3.95. The summed E-state index contributed by atoms with van der Waals surface area (Å²) in [6, 6.07) is 15.0. The maximum atomic E-state index is 12.2. The summed E-state index contributed by atoms with van der Waals surface area (Å²) >= 11 is 0. The van der Waals surface area contributed by atoms with E-state index < -0.39 is 5.91 Å². The second-order valence-electron chi connectivity index (χ2n) is 5.97. The molecule has 6 nitrogen and oxygen atoms in total. The van der Waals surface area contributed by atoms with Crippen molar-refractivity contribution in [3.8, 4) is 5.75 Å². The number of ether oxygens (including phenoxy) is 1. The zero-order valence-electron chi connectivity index (χ0n) is 14.7. The van der Waals surface area contributed by atoms with E-state index in [-0.39, 0.29) is 24.7 Å². The summed E-state index contributed by atoms with van der Waals surface area (Å²) in [7, 11) is 0. The molecule has 2 N–H and O–H groups in total. The van der Waals surface area contributed by atoms with Gasteiger partial charge < -0.3 is 9.15 Å². The van der Waals surface area contributed by atoms with Crippen molar-refractivity contribution >= 4 is 22.8 Å². The Morgan fingerprint density at radius 3 is 2.62 bits per heavy atom. The van der Waals surface area contributed by atoms with Crippen molar-refractivity contribution in [1.29, 1.82) is 0 Å². The molecule has 0 atom stereocenters. The van der Waals surface area contributed by atoms with Crippen molar-refractivity contribution in [1.82, 2.24) is 10.9 Å². The van der Waals surface area contributed by atoms with Crippen LogP contribution in [0.1, 0.15) is 28.1 Å². The molecule has 3 aromatic rings. The predicted molar refractivity (Wildman–Crippen MR) is 97.9 cm³/mol. The maximum absolute atomic E-state index is 12.2. The maximum Gasteiger partial charge on any atom is 0.305 e. The number of benzene rings is 2. The van der Waals surface area contributed by atoms with Gasteiger partial charge in [-0.1, -0.05) is 30.3 Å². The first-order chi connectivity index (χ1) is 12.5. The number of hydrogen-bond donors (Lipinski definition) is 2. The quantitative estimate of drug-likeness (QED) is 0.691. The number of nitrogens with one attached hydrogen (secondary N) is 2. The fourth-order valence-electron chi connectivity index (χ4n) is 2.60. The van der Waals surface area contributed by atoms with Gasteiger partial charge in [-0.3, -0.25) is 20.4 Å². The first kappa shape index (κ1) is 17.5. The van der Waals surface area contributed by atoms with E-state index in [1.165, 1.54) is 0 Å². The molecule has 0 unspecified atom stereocenters. The minimum Gasteiger partial charge on any atom is -0.493 e. The molecule has 134 valence electrons. The third kappa shape index (κ3) is 4.03. The number of hydrogen-bond acceptors (Lipinski definition) is 4. The Morgan fingerprint density at radius 1 is 1.04 bits per heavy atom. The third-order valence-corrected chi connectivity index (χ3v) is 3.95. The Bertz CT molecular complexity index is 946. The number of hydrazine groups is 1. The van der Waals surface area contributed by atoms with Crippen LogP contribution in [0.15, 0.2) is 52.9 Å². The summed E-state index contributed by atoms with van der Waals surface area (Å²) in [5, 5.41) is 0.871. The molecule has 0 bridgehead atoms. The number of para-hydroxylation sites is 1. The first-order valence-electron chi connectivity index (χ1n) is 8.31.